The summed E-state index contributed by atoms with van der Waals surface area (Å²) in [6.07, 6.45) is 2.24. The average molecular weight is 226 g/mol. The Kier molecular flexibility index (Phi) is 2.34. The summed E-state index contributed by atoms with van der Waals surface area (Å²) < 4.78 is 11.6. The summed E-state index contributed by atoms with van der Waals surface area (Å²) in [5, 5.41) is 7.11. The lowest BCUT2D eigenvalue weighted by Crippen LogP contribution is -2.74. The highest BCUT2D eigenvalue weighted by Gasteiger charge is 2.54. The van der Waals surface area contributed by atoms with Crippen molar-refractivity contribution in [2.24, 2.45) is 5.41 Å². The Morgan fingerprint density at radius 3 is 2.38 bits per heavy atom. The third-order valence-corrected chi connectivity index (χ3v) is 4.03. The van der Waals surface area contributed by atoms with Gasteiger partial charge in [0.25, 0.3) is 0 Å². The maximum atomic E-state index is 6.08. The molecule has 0 bridgehead atoms. The van der Waals surface area contributed by atoms with E-state index in [1.807, 2.05) is 0 Å². The lowest BCUT2D eigenvalue weighted by Gasteiger charge is -2.58. The van der Waals surface area contributed by atoms with Crippen molar-refractivity contribution in [3.8, 4) is 0 Å². The maximum absolute atomic E-state index is 6.08. The molecular weight excluding hydrogens is 204 g/mol. The van der Waals surface area contributed by atoms with Crippen LogP contribution in [0.15, 0.2) is 0 Å². The van der Waals surface area contributed by atoms with Crippen molar-refractivity contribution in [1.82, 2.24) is 10.6 Å². The minimum atomic E-state index is -0.0339. The number of hydrogen-bond donors (Lipinski definition) is 2. The van der Waals surface area contributed by atoms with E-state index in [4.69, 9.17) is 9.47 Å². The third kappa shape index (κ3) is 1.78. The molecular formula is C12H22N2O2. The minimum absolute atomic E-state index is 0.0171. The van der Waals surface area contributed by atoms with Gasteiger partial charge >= 0.3 is 0 Å². The number of rotatable bonds is 0. The molecule has 0 aromatic rings. The summed E-state index contributed by atoms with van der Waals surface area (Å²) in [4.78, 5) is 0. The first kappa shape index (κ1) is 11.0. The summed E-state index contributed by atoms with van der Waals surface area (Å²) in [7, 11) is 0. The molecule has 3 rings (SSSR count). The molecule has 16 heavy (non-hydrogen) atoms. The van der Waals surface area contributed by atoms with Crippen LogP contribution in [0, 0.1) is 5.41 Å². The lowest BCUT2D eigenvalue weighted by molar-refractivity contribution is -0.222. The van der Waals surface area contributed by atoms with Crippen LogP contribution in [0.2, 0.25) is 0 Å². The van der Waals surface area contributed by atoms with Crippen LogP contribution in [-0.2, 0) is 9.47 Å². The quantitative estimate of drug-likeness (QED) is 0.630. The molecule has 1 atom stereocenters. The van der Waals surface area contributed by atoms with Gasteiger partial charge in [0, 0.05) is 13.1 Å². The van der Waals surface area contributed by atoms with E-state index < -0.39 is 0 Å². The molecule has 1 aliphatic carbocycles. The first-order valence-electron chi connectivity index (χ1n) is 6.25. The molecule has 2 spiro atoms. The van der Waals surface area contributed by atoms with Gasteiger partial charge in [0.15, 0.2) is 0 Å². The fraction of sp³-hybridized carbons (Fsp3) is 1.00. The second-order valence-electron chi connectivity index (χ2n) is 6.41. The van der Waals surface area contributed by atoms with Crippen LogP contribution in [0.5, 0.6) is 0 Å². The first-order valence-corrected chi connectivity index (χ1v) is 6.25. The minimum Gasteiger partial charge on any atom is -0.378 e. The van der Waals surface area contributed by atoms with E-state index in [-0.39, 0.29) is 11.3 Å². The van der Waals surface area contributed by atoms with Crippen molar-refractivity contribution in [1.29, 1.82) is 0 Å². The van der Waals surface area contributed by atoms with E-state index in [9.17, 15) is 0 Å². The molecule has 2 saturated heterocycles. The maximum Gasteiger partial charge on any atom is 0.120 e. The predicted octanol–water partition coefficient (Wildman–Crippen LogP) is 0.481. The fourth-order valence-electron chi connectivity index (χ4n) is 3.34. The molecule has 3 fully saturated rings. The van der Waals surface area contributed by atoms with Crippen LogP contribution in [0.4, 0.5) is 0 Å². The molecule has 4 heteroatoms. The van der Waals surface area contributed by atoms with Crippen molar-refractivity contribution in [2.45, 2.75) is 38.0 Å². The SMILES string of the molecule is CC1(C)CC2(C1)NCC1(COCCN1)CO2. The van der Waals surface area contributed by atoms with Gasteiger partial charge in [-0.25, -0.2) is 0 Å². The van der Waals surface area contributed by atoms with Gasteiger partial charge in [0.05, 0.1) is 25.4 Å². The van der Waals surface area contributed by atoms with E-state index in [0.717, 1.165) is 45.8 Å². The Labute approximate surface area is 97.1 Å². The van der Waals surface area contributed by atoms with Gasteiger partial charge in [-0.15, -0.1) is 0 Å². The highest BCUT2D eigenvalue weighted by molar-refractivity contribution is 5.06. The van der Waals surface area contributed by atoms with Crippen molar-refractivity contribution in [3.05, 3.63) is 0 Å². The number of nitrogens with one attached hydrogen (secondary N) is 2. The highest BCUT2D eigenvalue weighted by Crippen LogP contribution is 2.49. The van der Waals surface area contributed by atoms with Crippen molar-refractivity contribution >= 4 is 0 Å². The molecule has 2 N–H and O–H groups in total. The van der Waals surface area contributed by atoms with Gasteiger partial charge in [0.1, 0.15) is 5.72 Å². The normalized spacial score (nSPS) is 40.9. The van der Waals surface area contributed by atoms with Gasteiger partial charge in [-0.1, -0.05) is 13.8 Å². The van der Waals surface area contributed by atoms with Crippen LogP contribution >= 0.6 is 0 Å². The Morgan fingerprint density at radius 1 is 1.06 bits per heavy atom. The molecule has 1 saturated carbocycles. The molecule has 0 radical (unpaired) electrons. The zero-order valence-electron chi connectivity index (χ0n) is 10.3. The molecule has 4 nitrogen and oxygen atoms in total. The molecule has 1 unspecified atom stereocenters. The number of morpholine rings is 1. The second-order valence-corrected chi connectivity index (χ2v) is 6.41. The van der Waals surface area contributed by atoms with Gasteiger partial charge in [-0.3, -0.25) is 5.32 Å². The Morgan fingerprint density at radius 2 is 1.88 bits per heavy atom. The Balaban J connectivity index is 1.60. The van der Waals surface area contributed by atoms with E-state index >= 15 is 0 Å². The summed E-state index contributed by atoms with van der Waals surface area (Å²) in [5.41, 5.74) is 0.422. The molecule has 2 aliphatic heterocycles. The first-order chi connectivity index (χ1) is 7.54. The monoisotopic (exact) mass is 226 g/mol. The van der Waals surface area contributed by atoms with Crippen LogP contribution < -0.4 is 10.6 Å². The number of hydrogen-bond acceptors (Lipinski definition) is 4. The summed E-state index contributed by atoms with van der Waals surface area (Å²) >= 11 is 0. The standard InChI is InChI=1S/C12H22N2O2/c1-10(2)5-12(6-10)14-7-11(9-16-12)8-15-4-3-13-11/h13-14H,3-9H2,1-2H3. The zero-order valence-corrected chi connectivity index (χ0v) is 10.3. The van der Waals surface area contributed by atoms with Gasteiger partial charge in [0.2, 0.25) is 0 Å². The Bertz CT molecular complexity index is 265. The van der Waals surface area contributed by atoms with Crippen LogP contribution in [0.25, 0.3) is 0 Å². The van der Waals surface area contributed by atoms with Crippen molar-refractivity contribution < 1.29 is 9.47 Å². The molecule has 92 valence electrons. The molecule has 0 aromatic carbocycles. The average Bonchev–Trinajstić information content (AvgIpc) is 2.22. The van der Waals surface area contributed by atoms with Crippen molar-refractivity contribution in [2.75, 3.05) is 32.9 Å². The number of ether oxygens (including phenoxy) is 2. The smallest absolute Gasteiger partial charge is 0.120 e. The molecule has 2 heterocycles. The summed E-state index contributed by atoms with van der Waals surface area (Å²) in [6.45, 7) is 8.85. The second kappa shape index (κ2) is 3.42. The zero-order chi connectivity index (χ0) is 11.3. The van der Waals surface area contributed by atoms with Gasteiger partial charge in [-0.2, -0.15) is 0 Å². The van der Waals surface area contributed by atoms with E-state index in [0.29, 0.717) is 5.41 Å². The molecule has 0 amide bonds. The third-order valence-electron chi connectivity index (χ3n) is 4.03. The predicted molar refractivity (Wildman–Crippen MR) is 61.3 cm³/mol. The van der Waals surface area contributed by atoms with E-state index in [1.54, 1.807) is 0 Å². The van der Waals surface area contributed by atoms with Crippen LogP contribution in [-0.4, -0.2) is 44.2 Å². The fourth-order valence-corrected chi connectivity index (χ4v) is 3.34. The molecule has 3 aliphatic rings. The van der Waals surface area contributed by atoms with E-state index in [1.165, 1.54) is 0 Å². The van der Waals surface area contributed by atoms with E-state index in [2.05, 4.69) is 24.5 Å². The van der Waals surface area contributed by atoms with Crippen molar-refractivity contribution in [3.63, 3.8) is 0 Å². The summed E-state index contributed by atoms with van der Waals surface area (Å²) in [6, 6.07) is 0. The van der Waals surface area contributed by atoms with Gasteiger partial charge in [-0.05, 0) is 18.3 Å². The largest absolute Gasteiger partial charge is 0.378 e. The lowest BCUT2D eigenvalue weighted by atomic mass is 9.65. The highest BCUT2D eigenvalue weighted by atomic mass is 16.5. The summed E-state index contributed by atoms with van der Waals surface area (Å²) in [5.74, 6) is 0. The van der Waals surface area contributed by atoms with Gasteiger partial charge < -0.3 is 14.8 Å². The Hall–Kier alpha value is -0.160. The molecule has 0 aromatic heterocycles. The van der Waals surface area contributed by atoms with Crippen LogP contribution in [0.1, 0.15) is 26.7 Å². The topological polar surface area (TPSA) is 42.5 Å². The van der Waals surface area contributed by atoms with Crippen LogP contribution in [0.3, 0.4) is 0 Å².